The number of ether oxygens (including phenoxy) is 2. The van der Waals surface area contributed by atoms with Gasteiger partial charge in [0.05, 0.1) is 25.6 Å². The van der Waals surface area contributed by atoms with E-state index < -0.39 is 0 Å². The van der Waals surface area contributed by atoms with E-state index in [-0.39, 0.29) is 23.6 Å². The lowest BCUT2D eigenvalue weighted by Crippen LogP contribution is -2.33. The van der Waals surface area contributed by atoms with Crippen LogP contribution in [0.1, 0.15) is 29.6 Å². The van der Waals surface area contributed by atoms with Gasteiger partial charge in [0, 0.05) is 32.5 Å². The molecule has 2 atom stereocenters. The number of aromatic nitrogens is 5. The predicted octanol–water partition coefficient (Wildman–Crippen LogP) is 2.37. The average molecular weight is 505 g/mol. The maximum Gasteiger partial charge on any atom is 0.279 e. The molecule has 0 spiro atoms. The van der Waals surface area contributed by atoms with Crippen LogP contribution >= 0.6 is 0 Å². The van der Waals surface area contributed by atoms with Gasteiger partial charge in [-0.15, -0.1) is 0 Å². The van der Waals surface area contributed by atoms with Gasteiger partial charge in [-0.1, -0.05) is 0 Å². The first-order valence-corrected chi connectivity index (χ1v) is 11.9. The summed E-state index contributed by atoms with van der Waals surface area (Å²) in [6.07, 6.45) is 7.37. The van der Waals surface area contributed by atoms with Crippen molar-refractivity contribution in [2.24, 2.45) is 0 Å². The van der Waals surface area contributed by atoms with Crippen molar-refractivity contribution in [3.8, 4) is 11.6 Å². The Morgan fingerprint density at radius 2 is 2.03 bits per heavy atom. The Morgan fingerprint density at radius 3 is 2.73 bits per heavy atom. The largest absolute Gasteiger partial charge is 0.495 e. The van der Waals surface area contributed by atoms with Gasteiger partial charge >= 0.3 is 0 Å². The van der Waals surface area contributed by atoms with Crippen LogP contribution in [-0.2, 0) is 4.74 Å². The lowest BCUT2D eigenvalue weighted by atomic mass is 10.2. The monoisotopic (exact) mass is 504 g/mol. The molecule has 0 radical (unpaired) electrons. The Balaban J connectivity index is 1.44. The summed E-state index contributed by atoms with van der Waals surface area (Å²) in [5.74, 6) is 1.77. The maximum atomic E-state index is 13.2. The zero-order valence-electron chi connectivity index (χ0n) is 20.8. The fraction of sp³-hybridized carbons (Fsp3) is 0.320. The molecule has 5 rings (SSSR count). The van der Waals surface area contributed by atoms with Crippen LogP contribution in [0.2, 0.25) is 0 Å². The molecule has 12 nitrogen and oxygen atoms in total. The number of nitrogens with one attached hydrogen (secondary N) is 3. The molecule has 1 aliphatic rings. The standard InChI is InChI=1S/C25H28N8O4/c1-26-22-12-20(30-19-5-4-10-32(25(19)35)21-9-8-17(37-3)13-27-21)31-23-18(14-28-33(22)23)24(34)29-15-6-7-16(11-15)36-2/h4-5,8-10,12-16,26H,6-7,11H2,1-3H3,(H,29,34)(H,30,31)/t15-,16-/m0/s1. The number of hydrogen-bond acceptors (Lipinski definition) is 9. The number of rotatable bonds is 8. The molecule has 1 amide bonds. The van der Waals surface area contributed by atoms with Crippen molar-refractivity contribution in [1.29, 1.82) is 0 Å². The molecule has 1 saturated carbocycles. The summed E-state index contributed by atoms with van der Waals surface area (Å²) in [5, 5.41) is 13.6. The van der Waals surface area contributed by atoms with Gasteiger partial charge in [0.25, 0.3) is 11.5 Å². The van der Waals surface area contributed by atoms with Crippen molar-refractivity contribution in [2.75, 3.05) is 31.9 Å². The molecular weight excluding hydrogens is 476 g/mol. The lowest BCUT2D eigenvalue weighted by Gasteiger charge is -2.13. The lowest BCUT2D eigenvalue weighted by molar-refractivity contribution is 0.0916. The summed E-state index contributed by atoms with van der Waals surface area (Å²) < 4.78 is 13.5. The van der Waals surface area contributed by atoms with Crippen LogP contribution in [0.25, 0.3) is 11.5 Å². The van der Waals surface area contributed by atoms with Crippen molar-refractivity contribution in [2.45, 2.75) is 31.4 Å². The molecule has 3 N–H and O–H groups in total. The molecule has 4 heterocycles. The van der Waals surface area contributed by atoms with E-state index in [4.69, 9.17) is 9.47 Å². The number of hydrogen-bond donors (Lipinski definition) is 3. The normalized spacial score (nSPS) is 17.1. The average Bonchev–Trinajstić information content (AvgIpc) is 3.56. The van der Waals surface area contributed by atoms with Crippen molar-refractivity contribution in [3.63, 3.8) is 0 Å². The van der Waals surface area contributed by atoms with E-state index in [9.17, 15) is 9.59 Å². The van der Waals surface area contributed by atoms with Crippen molar-refractivity contribution in [1.82, 2.24) is 29.5 Å². The SMILES string of the molecule is CNc1cc(Nc2cccn(-c3ccc(OC)cn3)c2=O)nc2c(C(=O)N[C@H]3CC[C@H](OC)C3)cnn12. The zero-order chi connectivity index (χ0) is 25.9. The molecule has 37 heavy (non-hydrogen) atoms. The molecule has 0 unspecified atom stereocenters. The third-order valence-corrected chi connectivity index (χ3v) is 6.44. The second-order valence-corrected chi connectivity index (χ2v) is 8.69. The number of methoxy groups -OCH3 is 2. The highest BCUT2D eigenvalue weighted by atomic mass is 16.5. The van der Waals surface area contributed by atoms with Gasteiger partial charge in [-0.2, -0.15) is 9.61 Å². The molecule has 4 aromatic rings. The number of fused-ring (bicyclic) bond motifs is 1. The quantitative estimate of drug-likeness (QED) is 0.330. The number of carbonyl (C=O) groups is 1. The Morgan fingerprint density at radius 1 is 1.16 bits per heavy atom. The topological polar surface area (TPSA) is 137 Å². The molecule has 12 heteroatoms. The van der Waals surface area contributed by atoms with Crippen molar-refractivity contribution >= 4 is 28.9 Å². The molecule has 4 aromatic heterocycles. The van der Waals surface area contributed by atoms with Gasteiger partial charge in [-0.05, 0) is 43.5 Å². The minimum absolute atomic E-state index is 0.0341. The van der Waals surface area contributed by atoms with Crippen LogP contribution in [-0.4, -0.2) is 63.5 Å². The summed E-state index contributed by atoms with van der Waals surface area (Å²) in [7, 11) is 4.98. The maximum absolute atomic E-state index is 13.2. The van der Waals surface area contributed by atoms with Gasteiger partial charge in [-0.3, -0.25) is 14.2 Å². The smallest absolute Gasteiger partial charge is 0.279 e. The zero-order valence-corrected chi connectivity index (χ0v) is 20.8. The fourth-order valence-electron chi connectivity index (χ4n) is 4.46. The van der Waals surface area contributed by atoms with Crippen LogP contribution < -0.4 is 26.2 Å². The third-order valence-electron chi connectivity index (χ3n) is 6.44. The van der Waals surface area contributed by atoms with E-state index in [1.165, 1.54) is 10.8 Å². The first-order chi connectivity index (χ1) is 18.0. The van der Waals surface area contributed by atoms with E-state index in [2.05, 4.69) is 31.0 Å². The van der Waals surface area contributed by atoms with E-state index in [1.807, 2.05) is 0 Å². The van der Waals surface area contributed by atoms with Gasteiger partial charge in [0.2, 0.25) is 0 Å². The predicted molar refractivity (Wildman–Crippen MR) is 138 cm³/mol. The summed E-state index contributed by atoms with van der Waals surface area (Å²) in [6.45, 7) is 0. The van der Waals surface area contributed by atoms with Crippen molar-refractivity contribution < 1.29 is 14.3 Å². The highest BCUT2D eigenvalue weighted by Crippen LogP contribution is 2.24. The Labute approximate surface area is 212 Å². The van der Waals surface area contributed by atoms with Gasteiger partial charge < -0.3 is 25.4 Å². The first kappa shape index (κ1) is 24.3. The fourth-order valence-corrected chi connectivity index (χ4v) is 4.46. The van der Waals surface area contributed by atoms with Crippen LogP contribution in [0.3, 0.4) is 0 Å². The molecule has 192 valence electrons. The van der Waals surface area contributed by atoms with Crippen LogP contribution in [0, 0.1) is 0 Å². The van der Waals surface area contributed by atoms with Crippen LogP contribution in [0.4, 0.5) is 17.3 Å². The minimum Gasteiger partial charge on any atom is -0.495 e. The van der Waals surface area contributed by atoms with Crippen molar-refractivity contribution in [3.05, 3.63) is 64.8 Å². The first-order valence-electron chi connectivity index (χ1n) is 11.9. The highest BCUT2D eigenvalue weighted by molar-refractivity contribution is 6.00. The Bertz CT molecular complexity index is 1480. The van der Waals surface area contributed by atoms with Crippen LogP contribution in [0.15, 0.2) is 53.7 Å². The number of pyridine rings is 2. The Kier molecular flexibility index (Phi) is 6.73. The highest BCUT2D eigenvalue weighted by Gasteiger charge is 2.27. The number of nitrogens with zero attached hydrogens (tertiary/aromatic N) is 5. The summed E-state index contributed by atoms with van der Waals surface area (Å²) in [6, 6.07) is 8.57. The van der Waals surface area contributed by atoms with E-state index in [0.29, 0.717) is 40.1 Å². The Hall–Kier alpha value is -4.45. The van der Waals surface area contributed by atoms with E-state index >= 15 is 0 Å². The molecule has 1 aliphatic carbocycles. The molecular formula is C25H28N8O4. The number of anilines is 3. The molecule has 0 aliphatic heterocycles. The van der Waals surface area contributed by atoms with E-state index in [1.54, 1.807) is 68.5 Å². The summed E-state index contributed by atoms with van der Waals surface area (Å²) >= 11 is 0. The second-order valence-electron chi connectivity index (χ2n) is 8.69. The number of amides is 1. The van der Waals surface area contributed by atoms with Crippen LogP contribution in [0.5, 0.6) is 5.75 Å². The molecule has 0 bridgehead atoms. The van der Waals surface area contributed by atoms with E-state index in [0.717, 1.165) is 19.3 Å². The molecule has 0 aromatic carbocycles. The minimum atomic E-state index is -0.312. The third kappa shape index (κ3) is 4.83. The summed E-state index contributed by atoms with van der Waals surface area (Å²) in [5.41, 5.74) is 0.685. The van der Waals surface area contributed by atoms with Gasteiger partial charge in [0.15, 0.2) is 5.65 Å². The number of carbonyl (C=O) groups excluding carboxylic acids is 1. The molecule has 1 fully saturated rings. The van der Waals surface area contributed by atoms with Gasteiger partial charge in [-0.25, -0.2) is 9.97 Å². The summed E-state index contributed by atoms with van der Waals surface area (Å²) in [4.78, 5) is 35.2. The second kappa shape index (κ2) is 10.3. The van der Waals surface area contributed by atoms with Gasteiger partial charge in [0.1, 0.15) is 34.5 Å². The molecule has 0 saturated heterocycles.